The fourth-order valence-corrected chi connectivity index (χ4v) is 1.89. The smallest absolute Gasteiger partial charge is 0.258 e. The second-order valence-corrected chi connectivity index (χ2v) is 4.39. The van der Waals surface area contributed by atoms with Gasteiger partial charge in [-0.3, -0.25) is 0 Å². The second-order valence-electron chi connectivity index (χ2n) is 4.39. The van der Waals surface area contributed by atoms with Crippen LogP contribution in [-0.4, -0.2) is 17.3 Å². The van der Waals surface area contributed by atoms with Gasteiger partial charge in [-0.15, -0.1) is 0 Å². The summed E-state index contributed by atoms with van der Waals surface area (Å²) in [6, 6.07) is 11.5. The van der Waals surface area contributed by atoms with E-state index in [-0.39, 0.29) is 5.75 Å². The van der Waals surface area contributed by atoms with Crippen molar-refractivity contribution < 1.29 is 13.7 Å². The van der Waals surface area contributed by atoms with E-state index in [1.165, 1.54) is 19.2 Å². The van der Waals surface area contributed by atoms with E-state index in [9.17, 15) is 4.39 Å². The van der Waals surface area contributed by atoms with E-state index in [1.807, 2.05) is 0 Å². The Kier molecular flexibility index (Phi) is 3.27. The van der Waals surface area contributed by atoms with Crippen LogP contribution >= 0.6 is 0 Å². The van der Waals surface area contributed by atoms with Crippen LogP contribution in [0.2, 0.25) is 0 Å². The third-order valence-electron chi connectivity index (χ3n) is 2.99. The van der Waals surface area contributed by atoms with E-state index in [2.05, 4.69) is 10.1 Å². The van der Waals surface area contributed by atoms with Crippen molar-refractivity contribution in [2.45, 2.75) is 0 Å². The zero-order chi connectivity index (χ0) is 14.8. The molecular weight excluding hydrogens is 273 g/mol. The van der Waals surface area contributed by atoms with Crippen molar-refractivity contribution in [3.05, 3.63) is 48.3 Å². The number of rotatable bonds is 3. The topological polar surface area (TPSA) is 74.2 Å². The van der Waals surface area contributed by atoms with E-state index in [0.29, 0.717) is 23.0 Å². The number of nitrogens with two attached hydrogens (primary N) is 1. The molecule has 0 spiro atoms. The Morgan fingerprint density at radius 2 is 1.81 bits per heavy atom. The van der Waals surface area contributed by atoms with Gasteiger partial charge in [0.1, 0.15) is 0 Å². The van der Waals surface area contributed by atoms with E-state index in [0.717, 1.165) is 5.56 Å². The summed E-state index contributed by atoms with van der Waals surface area (Å²) in [5, 5.41) is 3.86. The lowest BCUT2D eigenvalue weighted by molar-refractivity contribution is 0.386. The molecule has 2 aromatic carbocycles. The lowest BCUT2D eigenvalue weighted by Crippen LogP contribution is -1.89. The van der Waals surface area contributed by atoms with E-state index in [1.54, 1.807) is 30.3 Å². The minimum Gasteiger partial charge on any atom is -0.494 e. The molecule has 0 fully saturated rings. The number of anilines is 1. The summed E-state index contributed by atoms with van der Waals surface area (Å²) in [7, 11) is 1.41. The molecule has 0 aliphatic rings. The fraction of sp³-hybridized carbons (Fsp3) is 0.0667. The number of aromatic nitrogens is 2. The number of methoxy groups -OCH3 is 1. The summed E-state index contributed by atoms with van der Waals surface area (Å²) in [5.41, 5.74) is 7.53. The Labute approximate surface area is 120 Å². The number of nitrogens with zero attached hydrogens (tertiary/aromatic N) is 2. The first kappa shape index (κ1) is 13.1. The average Bonchev–Trinajstić information content (AvgIpc) is 2.98. The molecule has 1 aromatic heterocycles. The molecule has 0 saturated carbocycles. The highest BCUT2D eigenvalue weighted by Gasteiger charge is 2.12. The van der Waals surface area contributed by atoms with Gasteiger partial charge in [0.05, 0.1) is 7.11 Å². The first-order valence-corrected chi connectivity index (χ1v) is 6.21. The lowest BCUT2D eigenvalue weighted by Gasteiger charge is -2.01. The van der Waals surface area contributed by atoms with E-state index in [4.69, 9.17) is 15.0 Å². The van der Waals surface area contributed by atoms with Crippen LogP contribution in [0.5, 0.6) is 5.75 Å². The van der Waals surface area contributed by atoms with Gasteiger partial charge >= 0.3 is 0 Å². The largest absolute Gasteiger partial charge is 0.494 e. The molecule has 21 heavy (non-hydrogen) atoms. The van der Waals surface area contributed by atoms with Crippen molar-refractivity contribution in [2.75, 3.05) is 12.8 Å². The lowest BCUT2D eigenvalue weighted by atomic mass is 10.2. The third-order valence-corrected chi connectivity index (χ3v) is 2.99. The highest BCUT2D eigenvalue weighted by Crippen LogP contribution is 2.26. The second kappa shape index (κ2) is 5.24. The van der Waals surface area contributed by atoms with Crippen LogP contribution in [0.15, 0.2) is 47.0 Å². The molecule has 0 unspecified atom stereocenters. The van der Waals surface area contributed by atoms with E-state index < -0.39 is 5.82 Å². The Bertz CT molecular complexity index is 769. The Balaban J connectivity index is 1.94. The van der Waals surface area contributed by atoms with Crippen molar-refractivity contribution in [2.24, 2.45) is 0 Å². The molecule has 1 heterocycles. The third kappa shape index (κ3) is 2.55. The number of hydrogen-bond donors (Lipinski definition) is 1. The Hall–Kier alpha value is -2.89. The van der Waals surface area contributed by atoms with Crippen molar-refractivity contribution >= 4 is 5.69 Å². The summed E-state index contributed by atoms with van der Waals surface area (Å²) in [6.07, 6.45) is 0. The van der Waals surface area contributed by atoms with Crippen molar-refractivity contribution in [3.63, 3.8) is 0 Å². The highest BCUT2D eigenvalue weighted by molar-refractivity contribution is 5.62. The average molecular weight is 285 g/mol. The van der Waals surface area contributed by atoms with Gasteiger partial charge in [-0.2, -0.15) is 4.98 Å². The van der Waals surface area contributed by atoms with Crippen LogP contribution in [0.3, 0.4) is 0 Å². The number of halogens is 1. The molecule has 0 bridgehead atoms. The van der Waals surface area contributed by atoms with Gasteiger partial charge in [-0.25, -0.2) is 4.39 Å². The molecule has 0 radical (unpaired) electrons. The van der Waals surface area contributed by atoms with Crippen LogP contribution in [0.1, 0.15) is 0 Å². The van der Waals surface area contributed by atoms with Gasteiger partial charge in [-0.1, -0.05) is 5.16 Å². The standard InChI is InChI=1S/C15H12FN3O2/c1-20-13-7-4-10(8-12(13)16)14-18-15(21-19-14)9-2-5-11(17)6-3-9/h2-8H,17H2,1H3. The monoisotopic (exact) mass is 285 g/mol. The molecule has 3 aromatic rings. The molecule has 6 heteroatoms. The van der Waals surface area contributed by atoms with Crippen LogP contribution in [-0.2, 0) is 0 Å². The Morgan fingerprint density at radius 1 is 1.10 bits per heavy atom. The van der Waals surface area contributed by atoms with Crippen LogP contribution in [0.4, 0.5) is 10.1 Å². The molecule has 0 aliphatic carbocycles. The minimum atomic E-state index is -0.478. The zero-order valence-corrected chi connectivity index (χ0v) is 11.2. The molecule has 0 aliphatic heterocycles. The molecule has 0 amide bonds. The van der Waals surface area contributed by atoms with Gasteiger partial charge in [0, 0.05) is 16.8 Å². The summed E-state index contributed by atoms with van der Waals surface area (Å²) in [5.74, 6) is 0.347. The predicted molar refractivity (Wildman–Crippen MR) is 76.1 cm³/mol. The van der Waals surface area contributed by atoms with Gasteiger partial charge in [0.2, 0.25) is 5.82 Å². The summed E-state index contributed by atoms with van der Waals surface area (Å²) >= 11 is 0. The summed E-state index contributed by atoms with van der Waals surface area (Å²) in [4.78, 5) is 4.25. The van der Waals surface area contributed by atoms with Crippen LogP contribution in [0, 0.1) is 5.82 Å². The number of ether oxygens (including phenoxy) is 1. The van der Waals surface area contributed by atoms with E-state index >= 15 is 0 Å². The maximum atomic E-state index is 13.7. The zero-order valence-electron chi connectivity index (χ0n) is 11.2. The molecule has 3 rings (SSSR count). The van der Waals surface area contributed by atoms with Crippen molar-refractivity contribution in [1.82, 2.24) is 10.1 Å². The molecular formula is C15H12FN3O2. The molecule has 106 valence electrons. The predicted octanol–water partition coefficient (Wildman–Crippen LogP) is 3.13. The minimum absolute atomic E-state index is 0.168. The number of benzene rings is 2. The van der Waals surface area contributed by atoms with Crippen LogP contribution < -0.4 is 10.5 Å². The van der Waals surface area contributed by atoms with Gasteiger partial charge in [0.15, 0.2) is 11.6 Å². The van der Waals surface area contributed by atoms with Crippen LogP contribution in [0.25, 0.3) is 22.8 Å². The first-order chi connectivity index (χ1) is 10.2. The Morgan fingerprint density at radius 3 is 2.48 bits per heavy atom. The maximum absolute atomic E-state index is 13.7. The van der Waals surface area contributed by atoms with Gasteiger partial charge in [-0.05, 0) is 42.5 Å². The fourth-order valence-electron chi connectivity index (χ4n) is 1.89. The normalized spacial score (nSPS) is 10.6. The van der Waals surface area contributed by atoms with Gasteiger partial charge < -0.3 is 15.0 Å². The van der Waals surface area contributed by atoms with Crippen molar-refractivity contribution in [3.8, 4) is 28.6 Å². The molecule has 0 saturated heterocycles. The number of hydrogen-bond acceptors (Lipinski definition) is 5. The first-order valence-electron chi connectivity index (χ1n) is 6.21. The van der Waals surface area contributed by atoms with Gasteiger partial charge in [0.25, 0.3) is 5.89 Å². The quantitative estimate of drug-likeness (QED) is 0.748. The number of nitrogen functional groups attached to an aromatic ring is 1. The summed E-state index contributed by atoms with van der Waals surface area (Å²) < 4.78 is 23.7. The molecule has 2 N–H and O–H groups in total. The molecule has 5 nitrogen and oxygen atoms in total. The molecule has 0 atom stereocenters. The summed E-state index contributed by atoms with van der Waals surface area (Å²) in [6.45, 7) is 0. The SMILES string of the molecule is COc1ccc(-c2noc(-c3ccc(N)cc3)n2)cc1F. The maximum Gasteiger partial charge on any atom is 0.258 e. The highest BCUT2D eigenvalue weighted by atomic mass is 19.1. The van der Waals surface area contributed by atoms with Crippen molar-refractivity contribution in [1.29, 1.82) is 0 Å².